The van der Waals surface area contributed by atoms with E-state index in [1.807, 2.05) is 4.72 Å². The summed E-state index contributed by atoms with van der Waals surface area (Å²) in [4.78, 5) is 10.7. The molecule has 8 heteroatoms. The van der Waals surface area contributed by atoms with Crippen molar-refractivity contribution in [2.45, 2.75) is 4.90 Å². The minimum atomic E-state index is -4.06. The van der Waals surface area contributed by atoms with Crippen LogP contribution in [0, 0.1) is 11.6 Å². The molecule has 0 fully saturated rings. The average Bonchev–Trinajstić information content (AvgIpc) is 2.42. The van der Waals surface area contributed by atoms with E-state index in [9.17, 15) is 22.0 Å². The van der Waals surface area contributed by atoms with Crippen molar-refractivity contribution in [1.82, 2.24) is 0 Å². The highest BCUT2D eigenvalue weighted by molar-refractivity contribution is 7.92. The van der Waals surface area contributed by atoms with E-state index in [4.69, 9.17) is 5.73 Å². The molecule has 2 aromatic rings. The maximum atomic E-state index is 13.4. The number of nitrogens with two attached hydrogens (primary N) is 1. The molecule has 1 amide bonds. The van der Waals surface area contributed by atoms with Gasteiger partial charge < -0.3 is 5.73 Å². The quantitative estimate of drug-likeness (QED) is 0.903. The van der Waals surface area contributed by atoms with Crippen LogP contribution in [0.25, 0.3) is 0 Å². The number of sulfonamides is 1. The van der Waals surface area contributed by atoms with Gasteiger partial charge in [0.2, 0.25) is 5.91 Å². The van der Waals surface area contributed by atoms with Crippen LogP contribution in [0.5, 0.6) is 0 Å². The lowest BCUT2D eigenvalue weighted by molar-refractivity contribution is 0.1000. The molecule has 21 heavy (non-hydrogen) atoms. The molecule has 0 aliphatic rings. The maximum Gasteiger partial charge on any atom is 0.261 e. The largest absolute Gasteiger partial charge is 0.366 e. The van der Waals surface area contributed by atoms with Gasteiger partial charge in [0.15, 0.2) is 0 Å². The number of hydrogen-bond donors (Lipinski definition) is 2. The first-order chi connectivity index (χ1) is 9.79. The SMILES string of the molecule is NC(=O)c1ccc(S(=O)(=O)Nc2ccc(F)cc2F)cc1. The van der Waals surface area contributed by atoms with Crippen LogP contribution in [0.2, 0.25) is 0 Å². The number of carbonyl (C=O) groups excluding carboxylic acids is 1. The fourth-order valence-electron chi connectivity index (χ4n) is 1.57. The Labute approximate surface area is 119 Å². The van der Waals surface area contributed by atoms with E-state index in [0.717, 1.165) is 24.3 Å². The number of anilines is 1. The van der Waals surface area contributed by atoms with Crippen LogP contribution < -0.4 is 10.5 Å². The van der Waals surface area contributed by atoms with Gasteiger partial charge >= 0.3 is 0 Å². The lowest BCUT2D eigenvalue weighted by Gasteiger charge is -2.09. The first-order valence-corrected chi connectivity index (χ1v) is 7.15. The van der Waals surface area contributed by atoms with Crippen molar-refractivity contribution in [3.05, 3.63) is 59.7 Å². The lowest BCUT2D eigenvalue weighted by atomic mass is 10.2. The molecule has 0 aromatic heterocycles. The summed E-state index contributed by atoms with van der Waals surface area (Å²) < 4.78 is 52.3. The maximum absolute atomic E-state index is 13.4. The van der Waals surface area contributed by atoms with E-state index in [0.29, 0.717) is 6.07 Å². The molecule has 0 saturated carbocycles. The predicted octanol–water partition coefficient (Wildman–Crippen LogP) is 1.86. The Hall–Kier alpha value is -2.48. The Morgan fingerprint density at radius 1 is 1.05 bits per heavy atom. The van der Waals surface area contributed by atoms with E-state index in [1.165, 1.54) is 12.1 Å². The molecular weight excluding hydrogens is 302 g/mol. The molecule has 0 spiro atoms. The molecule has 0 bridgehead atoms. The molecule has 110 valence electrons. The number of primary amides is 1. The summed E-state index contributed by atoms with van der Waals surface area (Å²) in [6.45, 7) is 0. The van der Waals surface area contributed by atoms with Crippen molar-refractivity contribution in [3.63, 3.8) is 0 Å². The second-order valence-electron chi connectivity index (χ2n) is 4.12. The molecule has 3 N–H and O–H groups in total. The Morgan fingerprint density at radius 2 is 1.67 bits per heavy atom. The Kier molecular flexibility index (Phi) is 3.90. The normalized spacial score (nSPS) is 11.1. The predicted molar refractivity (Wildman–Crippen MR) is 72.1 cm³/mol. The fourth-order valence-corrected chi connectivity index (χ4v) is 2.64. The van der Waals surface area contributed by atoms with Gasteiger partial charge in [-0.2, -0.15) is 0 Å². The second-order valence-corrected chi connectivity index (χ2v) is 5.80. The smallest absolute Gasteiger partial charge is 0.261 e. The van der Waals surface area contributed by atoms with E-state index in [1.54, 1.807) is 0 Å². The summed E-state index contributed by atoms with van der Waals surface area (Å²) in [5, 5.41) is 0. The molecule has 0 unspecified atom stereocenters. The molecule has 0 aliphatic carbocycles. The van der Waals surface area contributed by atoms with Crippen LogP contribution in [0.4, 0.5) is 14.5 Å². The summed E-state index contributed by atoms with van der Waals surface area (Å²) in [5.41, 5.74) is 4.80. The first-order valence-electron chi connectivity index (χ1n) is 5.67. The summed E-state index contributed by atoms with van der Waals surface area (Å²) in [6.07, 6.45) is 0. The van der Waals surface area contributed by atoms with Crippen LogP contribution >= 0.6 is 0 Å². The van der Waals surface area contributed by atoms with Gasteiger partial charge in [-0.3, -0.25) is 9.52 Å². The summed E-state index contributed by atoms with van der Waals surface area (Å²) in [5.74, 6) is -2.55. The number of rotatable bonds is 4. The van der Waals surface area contributed by atoms with Crippen LogP contribution in [0.1, 0.15) is 10.4 Å². The van der Waals surface area contributed by atoms with Gasteiger partial charge in [0.1, 0.15) is 11.6 Å². The topological polar surface area (TPSA) is 89.3 Å². The van der Waals surface area contributed by atoms with Crippen molar-refractivity contribution in [1.29, 1.82) is 0 Å². The summed E-state index contributed by atoms with van der Waals surface area (Å²) in [7, 11) is -4.06. The third kappa shape index (κ3) is 3.34. The highest BCUT2D eigenvalue weighted by Crippen LogP contribution is 2.20. The number of hydrogen-bond acceptors (Lipinski definition) is 3. The minimum Gasteiger partial charge on any atom is -0.366 e. The molecule has 0 atom stereocenters. The van der Waals surface area contributed by atoms with Crippen molar-refractivity contribution >= 4 is 21.6 Å². The van der Waals surface area contributed by atoms with Crippen LogP contribution in [0.15, 0.2) is 47.4 Å². The molecule has 5 nitrogen and oxygen atoms in total. The fraction of sp³-hybridized carbons (Fsp3) is 0. The van der Waals surface area contributed by atoms with Gasteiger partial charge in [0.25, 0.3) is 10.0 Å². The molecule has 0 aliphatic heterocycles. The Bertz CT molecular complexity index is 790. The second kappa shape index (κ2) is 5.49. The van der Waals surface area contributed by atoms with Crippen molar-refractivity contribution in [3.8, 4) is 0 Å². The number of amides is 1. The Morgan fingerprint density at radius 3 is 2.19 bits per heavy atom. The van der Waals surface area contributed by atoms with E-state index in [2.05, 4.69) is 0 Å². The van der Waals surface area contributed by atoms with Gasteiger partial charge in [-0.1, -0.05) is 0 Å². The van der Waals surface area contributed by atoms with Crippen LogP contribution in [-0.2, 0) is 10.0 Å². The zero-order valence-electron chi connectivity index (χ0n) is 10.5. The minimum absolute atomic E-state index is 0.141. The van der Waals surface area contributed by atoms with E-state index >= 15 is 0 Å². The van der Waals surface area contributed by atoms with Gasteiger partial charge in [-0.05, 0) is 36.4 Å². The van der Waals surface area contributed by atoms with Gasteiger partial charge in [0, 0.05) is 11.6 Å². The molecular formula is C13H10F2N2O3S. The van der Waals surface area contributed by atoms with Crippen LogP contribution in [0.3, 0.4) is 0 Å². The molecule has 0 saturated heterocycles. The molecule has 0 heterocycles. The van der Waals surface area contributed by atoms with Crippen molar-refractivity contribution in [2.75, 3.05) is 4.72 Å². The number of benzene rings is 2. The number of halogens is 2. The van der Waals surface area contributed by atoms with Crippen molar-refractivity contribution in [2.24, 2.45) is 5.73 Å². The lowest BCUT2D eigenvalue weighted by Crippen LogP contribution is -2.15. The van der Waals surface area contributed by atoms with Gasteiger partial charge in [-0.15, -0.1) is 0 Å². The number of carbonyl (C=O) groups is 1. The third-order valence-electron chi connectivity index (χ3n) is 2.62. The van der Waals surface area contributed by atoms with Gasteiger partial charge in [-0.25, -0.2) is 17.2 Å². The standard InChI is InChI=1S/C13H10F2N2O3S/c14-9-3-6-12(11(15)7-9)17-21(19,20)10-4-1-8(2-5-10)13(16)18/h1-7,17H,(H2,16,18). The zero-order valence-corrected chi connectivity index (χ0v) is 11.3. The monoisotopic (exact) mass is 312 g/mol. The Balaban J connectivity index is 2.31. The highest BCUT2D eigenvalue weighted by atomic mass is 32.2. The van der Waals surface area contributed by atoms with E-state index in [-0.39, 0.29) is 16.1 Å². The van der Waals surface area contributed by atoms with Crippen LogP contribution in [-0.4, -0.2) is 14.3 Å². The molecule has 2 aromatic carbocycles. The molecule has 0 radical (unpaired) electrons. The highest BCUT2D eigenvalue weighted by Gasteiger charge is 2.17. The number of nitrogens with one attached hydrogen (secondary N) is 1. The average molecular weight is 312 g/mol. The summed E-state index contributed by atoms with van der Waals surface area (Å²) in [6, 6.07) is 7.24. The van der Waals surface area contributed by atoms with E-state index < -0.39 is 27.6 Å². The van der Waals surface area contributed by atoms with Gasteiger partial charge in [0.05, 0.1) is 10.6 Å². The summed E-state index contributed by atoms with van der Waals surface area (Å²) >= 11 is 0. The first kappa shape index (κ1) is 14.9. The third-order valence-corrected chi connectivity index (χ3v) is 4.01. The van der Waals surface area contributed by atoms with Crippen molar-refractivity contribution < 1.29 is 22.0 Å². The zero-order chi connectivity index (χ0) is 15.6. The molecule has 2 rings (SSSR count).